The molecule has 184 valence electrons. The smallest absolute Gasteiger partial charge is 0.335 e. The molecule has 9 nitrogen and oxygen atoms in total. The highest BCUT2D eigenvalue weighted by molar-refractivity contribution is 5.86. The fourth-order valence-corrected chi connectivity index (χ4v) is 7.03. The topological polar surface area (TPSA) is 135 Å². The van der Waals surface area contributed by atoms with Crippen molar-refractivity contribution in [1.82, 2.24) is 9.88 Å². The van der Waals surface area contributed by atoms with E-state index < -0.39 is 36.7 Å². The van der Waals surface area contributed by atoms with Crippen molar-refractivity contribution in [2.24, 2.45) is 11.8 Å². The van der Waals surface area contributed by atoms with Crippen LogP contribution in [0.15, 0.2) is 18.2 Å². The van der Waals surface area contributed by atoms with Gasteiger partial charge in [-0.2, -0.15) is 0 Å². The van der Waals surface area contributed by atoms with Crippen molar-refractivity contribution < 1.29 is 34.7 Å². The maximum atomic E-state index is 11.4. The SMILES string of the molecule is CC[C@H]1C[C@@H]2C[C@H]3c4[nH]c5ccc(OC6OC(C(=O)O)C(O)C(O)C6O)cc5c4CCN(C2)[C@@H]13. The van der Waals surface area contributed by atoms with Crippen LogP contribution in [0.5, 0.6) is 5.75 Å². The molecule has 5 heterocycles. The number of aliphatic hydroxyl groups excluding tert-OH is 3. The maximum absolute atomic E-state index is 11.4. The van der Waals surface area contributed by atoms with Gasteiger partial charge in [-0.1, -0.05) is 13.3 Å². The standard InChI is InChI=1S/C25H32N2O7/c1-2-12-7-11-8-16-18-14(5-6-27(10-11)19(12)16)15-9-13(3-4-17(15)26-18)33-25-22(30)20(28)21(29)23(34-25)24(31)32/h3-4,9,11-12,16,19-23,25-26,28-30H,2,5-8,10H2,1H3,(H,31,32)/t11-,12+,16+,19+,20?,21?,22?,23?,25?/m1/s1. The van der Waals surface area contributed by atoms with Crippen molar-refractivity contribution in [1.29, 1.82) is 0 Å². The molecule has 1 saturated carbocycles. The summed E-state index contributed by atoms with van der Waals surface area (Å²) in [5, 5.41) is 40.7. The van der Waals surface area contributed by atoms with Crippen LogP contribution in [0.3, 0.4) is 0 Å². The van der Waals surface area contributed by atoms with E-state index in [4.69, 9.17) is 9.47 Å². The van der Waals surface area contributed by atoms with E-state index in [2.05, 4.69) is 16.8 Å². The Hall–Kier alpha value is -2.17. The number of aromatic nitrogens is 1. The second-order valence-corrected chi connectivity index (χ2v) is 10.4. The monoisotopic (exact) mass is 472 g/mol. The Kier molecular flexibility index (Phi) is 5.38. The Morgan fingerprint density at radius 2 is 2.03 bits per heavy atom. The average Bonchev–Trinajstić information content (AvgIpc) is 3.15. The van der Waals surface area contributed by atoms with Gasteiger partial charge in [-0.15, -0.1) is 0 Å². The number of aromatic amines is 1. The van der Waals surface area contributed by atoms with Crippen LogP contribution in [0.4, 0.5) is 0 Å². The van der Waals surface area contributed by atoms with Crippen molar-refractivity contribution in [3.63, 3.8) is 0 Å². The molecular weight excluding hydrogens is 440 g/mol. The molecule has 4 fully saturated rings. The van der Waals surface area contributed by atoms with Crippen LogP contribution in [0.25, 0.3) is 10.9 Å². The number of fused-ring (bicyclic) bond motifs is 4. The van der Waals surface area contributed by atoms with Gasteiger partial charge in [0.15, 0.2) is 6.10 Å². The maximum Gasteiger partial charge on any atom is 0.335 e. The van der Waals surface area contributed by atoms with Crippen molar-refractivity contribution in [2.75, 3.05) is 13.1 Å². The summed E-state index contributed by atoms with van der Waals surface area (Å²) in [4.78, 5) is 17.8. The third-order valence-corrected chi connectivity index (χ3v) is 8.55. The fourth-order valence-electron chi connectivity index (χ4n) is 7.03. The van der Waals surface area contributed by atoms with Crippen LogP contribution >= 0.6 is 0 Å². The van der Waals surface area contributed by atoms with Crippen LogP contribution in [-0.2, 0) is 16.0 Å². The molecule has 4 bridgehead atoms. The molecule has 0 amide bonds. The van der Waals surface area contributed by atoms with E-state index in [9.17, 15) is 25.2 Å². The first-order valence-electron chi connectivity index (χ1n) is 12.3. The zero-order chi connectivity index (χ0) is 23.7. The zero-order valence-electron chi connectivity index (χ0n) is 19.1. The molecule has 7 rings (SSSR count). The molecule has 34 heavy (non-hydrogen) atoms. The first kappa shape index (κ1) is 22.3. The van der Waals surface area contributed by atoms with E-state index in [1.165, 1.54) is 37.1 Å². The van der Waals surface area contributed by atoms with Gasteiger partial charge in [0.05, 0.1) is 0 Å². The van der Waals surface area contributed by atoms with Gasteiger partial charge in [-0.3, -0.25) is 4.90 Å². The molecule has 0 radical (unpaired) electrons. The van der Waals surface area contributed by atoms with Gasteiger partial charge in [0.1, 0.15) is 24.1 Å². The van der Waals surface area contributed by atoms with Crippen LogP contribution < -0.4 is 4.74 Å². The molecule has 1 aliphatic carbocycles. The van der Waals surface area contributed by atoms with E-state index in [0.717, 1.165) is 35.7 Å². The number of hydrogen-bond acceptors (Lipinski definition) is 7. The van der Waals surface area contributed by atoms with Crippen LogP contribution in [-0.4, -0.2) is 86.1 Å². The van der Waals surface area contributed by atoms with Gasteiger partial charge in [0, 0.05) is 41.6 Å². The molecular formula is C25H32N2O7. The number of ether oxygens (including phenoxy) is 2. The number of H-pyrrole nitrogens is 1. The number of carbonyl (C=O) groups is 1. The molecule has 10 atom stereocenters. The van der Waals surface area contributed by atoms with E-state index in [-0.39, 0.29) is 0 Å². The van der Waals surface area contributed by atoms with Gasteiger partial charge < -0.3 is 34.9 Å². The van der Waals surface area contributed by atoms with E-state index in [1.54, 1.807) is 6.07 Å². The largest absolute Gasteiger partial charge is 0.479 e. The lowest BCUT2D eigenvalue weighted by Crippen LogP contribution is -2.61. The quantitative estimate of drug-likeness (QED) is 0.448. The number of rotatable bonds is 4. The molecule has 6 unspecified atom stereocenters. The highest BCUT2D eigenvalue weighted by atomic mass is 16.7. The number of piperidine rings is 2. The summed E-state index contributed by atoms with van der Waals surface area (Å²) in [6.07, 6.45) is -3.41. The first-order chi connectivity index (χ1) is 16.4. The minimum atomic E-state index is -1.74. The Labute approximate surface area is 197 Å². The van der Waals surface area contributed by atoms with Gasteiger partial charge in [-0.05, 0) is 54.9 Å². The minimum absolute atomic E-state index is 0.409. The average molecular weight is 473 g/mol. The van der Waals surface area contributed by atoms with Crippen LogP contribution in [0.1, 0.15) is 43.4 Å². The highest BCUT2D eigenvalue weighted by Crippen LogP contribution is 2.51. The number of aliphatic carboxylic acids is 1. The molecule has 1 aromatic carbocycles. The summed E-state index contributed by atoms with van der Waals surface area (Å²) in [6.45, 7) is 4.54. The third-order valence-electron chi connectivity index (χ3n) is 8.55. The minimum Gasteiger partial charge on any atom is -0.479 e. The Bertz CT molecular complexity index is 1100. The highest BCUT2D eigenvalue weighted by Gasteiger charge is 2.49. The van der Waals surface area contributed by atoms with Crippen LogP contribution in [0, 0.1) is 11.8 Å². The number of aliphatic hydroxyl groups is 3. The molecule has 5 aliphatic rings. The molecule has 4 aliphatic heterocycles. The molecule has 5 N–H and O–H groups in total. The molecule has 9 heteroatoms. The summed E-state index contributed by atoms with van der Waals surface area (Å²) < 4.78 is 11.1. The number of nitrogens with one attached hydrogen (secondary N) is 1. The lowest BCUT2D eigenvalue weighted by Gasteiger charge is -2.53. The van der Waals surface area contributed by atoms with Gasteiger partial charge in [0.25, 0.3) is 0 Å². The first-order valence-corrected chi connectivity index (χ1v) is 12.3. The predicted octanol–water partition coefficient (Wildman–Crippen LogP) is 1.20. The van der Waals surface area contributed by atoms with E-state index in [1.807, 2.05) is 12.1 Å². The van der Waals surface area contributed by atoms with Gasteiger partial charge >= 0.3 is 5.97 Å². The Balaban J connectivity index is 1.31. The zero-order valence-corrected chi connectivity index (χ0v) is 19.1. The number of hydrogen-bond donors (Lipinski definition) is 5. The van der Waals surface area contributed by atoms with Gasteiger partial charge in [-0.25, -0.2) is 4.79 Å². The lowest BCUT2D eigenvalue weighted by molar-refractivity contribution is -0.271. The van der Waals surface area contributed by atoms with Crippen molar-refractivity contribution in [2.45, 2.75) is 75.3 Å². The summed E-state index contributed by atoms with van der Waals surface area (Å²) >= 11 is 0. The van der Waals surface area contributed by atoms with Crippen molar-refractivity contribution >= 4 is 16.9 Å². The summed E-state index contributed by atoms with van der Waals surface area (Å²) in [5.74, 6) is 0.974. The molecule has 3 saturated heterocycles. The van der Waals surface area contributed by atoms with Crippen molar-refractivity contribution in [3.8, 4) is 5.75 Å². The summed E-state index contributed by atoms with van der Waals surface area (Å²) in [5.41, 5.74) is 3.67. The number of benzene rings is 1. The van der Waals surface area contributed by atoms with Gasteiger partial charge in [0.2, 0.25) is 6.29 Å². The van der Waals surface area contributed by atoms with Crippen molar-refractivity contribution in [3.05, 3.63) is 29.5 Å². The summed E-state index contributed by atoms with van der Waals surface area (Å²) in [6, 6.07) is 6.17. The van der Waals surface area contributed by atoms with Crippen LogP contribution in [0.2, 0.25) is 0 Å². The number of nitrogens with zero attached hydrogens (tertiary/aromatic N) is 1. The second-order valence-electron chi connectivity index (χ2n) is 10.4. The van der Waals surface area contributed by atoms with E-state index in [0.29, 0.717) is 17.7 Å². The second kappa shape index (κ2) is 8.20. The fraction of sp³-hybridized carbons (Fsp3) is 0.640. The summed E-state index contributed by atoms with van der Waals surface area (Å²) in [7, 11) is 0. The lowest BCUT2D eigenvalue weighted by atomic mass is 9.65. The predicted molar refractivity (Wildman–Crippen MR) is 122 cm³/mol. The van der Waals surface area contributed by atoms with E-state index >= 15 is 0 Å². The number of carboxylic acids is 1. The third kappa shape index (κ3) is 3.37. The Morgan fingerprint density at radius 3 is 2.79 bits per heavy atom. The normalized spacial score (nSPS) is 41.2. The Morgan fingerprint density at radius 1 is 1.21 bits per heavy atom. The molecule has 1 aromatic heterocycles. The molecule has 2 aromatic rings. The molecule has 0 spiro atoms. The number of carboxylic acid groups (broad SMARTS) is 1.